The van der Waals surface area contributed by atoms with Crippen molar-refractivity contribution in [2.24, 2.45) is 5.92 Å². The van der Waals surface area contributed by atoms with Crippen LogP contribution in [-0.4, -0.2) is 47.2 Å². The molecule has 2 aliphatic rings. The summed E-state index contributed by atoms with van der Waals surface area (Å²) in [6.07, 6.45) is 7.73. The van der Waals surface area contributed by atoms with Crippen LogP contribution >= 0.6 is 0 Å². The molecule has 0 aromatic rings. The molecular weight excluding hydrogens is 240 g/mol. The molecule has 1 aliphatic heterocycles. The van der Waals surface area contributed by atoms with E-state index in [-0.39, 0.29) is 11.5 Å². The van der Waals surface area contributed by atoms with Crippen LogP contribution in [0, 0.1) is 5.92 Å². The molecule has 1 aliphatic carbocycles. The highest BCUT2D eigenvalue weighted by atomic mass is 16.4. The maximum atomic E-state index is 11.3. The summed E-state index contributed by atoms with van der Waals surface area (Å²) in [5.41, 5.74) is 0.0548. The summed E-state index contributed by atoms with van der Waals surface area (Å²) in [6, 6.07) is 0.569. The Balaban J connectivity index is 2.13. The van der Waals surface area contributed by atoms with Crippen molar-refractivity contribution in [2.45, 2.75) is 64.0 Å². The molecule has 0 bridgehead atoms. The van der Waals surface area contributed by atoms with Crippen LogP contribution in [-0.2, 0) is 4.79 Å². The van der Waals surface area contributed by atoms with E-state index in [4.69, 9.17) is 0 Å². The third-order valence-electron chi connectivity index (χ3n) is 4.76. The van der Waals surface area contributed by atoms with Gasteiger partial charge in [-0.1, -0.05) is 25.7 Å². The van der Waals surface area contributed by atoms with Crippen LogP contribution < -0.4 is 5.32 Å². The van der Waals surface area contributed by atoms with Crippen LogP contribution in [0.4, 0.5) is 0 Å². The standard InChI is InChI=1S/C15H28N2O2/c1-15(2)11-16-9-12(14(18)19)10-17(15)13-7-5-3-4-6-8-13/h12-13,16H,3-11H2,1-2H3,(H,18,19). The first-order chi connectivity index (χ1) is 9.00. The average molecular weight is 268 g/mol. The van der Waals surface area contributed by atoms with Gasteiger partial charge in [0.25, 0.3) is 0 Å². The molecule has 0 amide bonds. The lowest BCUT2D eigenvalue weighted by Gasteiger charge is -2.43. The number of hydrogen-bond acceptors (Lipinski definition) is 3. The Bertz CT molecular complexity index is 309. The van der Waals surface area contributed by atoms with Crippen molar-refractivity contribution in [1.29, 1.82) is 0 Å². The van der Waals surface area contributed by atoms with Crippen LogP contribution in [0.5, 0.6) is 0 Å². The van der Waals surface area contributed by atoms with Gasteiger partial charge in [0.2, 0.25) is 0 Å². The molecular formula is C15H28N2O2. The van der Waals surface area contributed by atoms with Gasteiger partial charge in [0, 0.05) is 31.2 Å². The van der Waals surface area contributed by atoms with Gasteiger partial charge >= 0.3 is 5.97 Å². The molecule has 1 unspecified atom stereocenters. The highest BCUT2D eigenvalue weighted by molar-refractivity contribution is 5.70. The molecule has 0 aromatic heterocycles. The first kappa shape index (κ1) is 14.8. The smallest absolute Gasteiger partial charge is 0.309 e. The van der Waals surface area contributed by atoms with E-state index in [1.54, 1.807) is 0 Å². The van der Waals surface area contributed by atoms with E-state index >= 15 is 0 Å². The molecule has 1 saturated carbocycles. The fourth-order valence-electron chi connectivity index (χ4n) is 3.58. The lowest BCUT2D eigenvalue weighted by atomic mass is 9.95. The van der Waals surface area contributed by atoms with E-state index in [1.807, 2.05) is 0 Å². The maximum Gasteiger partial charge on any atom is 0.309 e. The number of carboxylic acid groups (broad SMARTS) is 1. The summed E-state index contributed by atoms with van der Waals surface area (Å²) in [7, 11) is 0. The molecule has 110 valence electrons. The van der Waals surface area contributed by atoms with Gasteiger partial charge in [-0.2, -0.15) is 0 Å². The molecule has 0 aromatic carbocycles. The minimum absolute atomic E-state index is 0.0548. The zero-order chi connectivity index (χ0) is 13.9. The summed E-state index contributed by atoms with van der Waals surface area (Å²) in [5, 5.41) is 12.7. The summed E-state index contributed by atoms with van der Waals surface area (Å²) in [4.78, 5) is 13.8. The quantitative estimate of drug-likeness (QED) is 0.753. The zero-order valence-electron chi connectivity index (χ0n) is 12.3. The summed E-state index contributed by atoms with van der Waals surface area (Å²) >= 11 is 0. The lowest BCUT2D eigenvalue weighted by Crippen LogP contribution is -2.54. The Hall–Kier alpha value is -0.610. The van der Waals surface area contributed by atoms with Gasteiger partial charge in [-0.15, -0.1) is 0 Å². The third-order valence-corrected chi connectivity index (χ3v) is 4.76. The SMILES string of the molecule is CC1(C)CNCC(C(=O)O)CN1C1CCCCCC1. The molecule has 2 N–H and O–H groups in total. The number of aliphatic carboxylic acids is 1. The van der Waals surface area contributed by atoms with Crippen molar-refractivity contribution in [3.8, 4) is 0 Å². The first-order valence-corrected chi connectivity index (χ1v) is 7.71. The molecule has 1 heterocycles. The van der Waals surface area contributed by atoms with Crippen LogP contribution in [0.3, 0.4) is 0 Å². The van der Waals surface area contributed by atoms with E-state index in [0.717, 1.165) is 6.54 Å². The van der Waals surface area contributed by atoms with Crippen LogP contribution in [0.25, 0.3) is 0 Å². The Labute approximate surface area is 116 Å². The van der Waals surface area contributed by atoms with E-state index in [0.29, 0.717) is 19.1 Å². The van der Waals surface area contributed by atoms with Gasteiger partial charge in [0.1, 0.15) is 0 Å². The number of nitrogens with zero attached hydrogens (tertiary/aromatic N) is 1. The Morgan fingerprint density at radius 3 is 2.42 bits per heavy atom. The molecule has 4 heteroatoms. The summed E-state index contributed by atoms with van der Waals surface area (Å²) in [5.74, 6) is -0.936. The number of carbonyl (C=O) groups is 1. The number of nitrogens with one attached hydrogen (secondary N) is 1. The van der Waals surface area contributed by atoms with Crippen molar-refractivity contribution in [1.82, 2.24) is 10.2 Å². The van der Waals surface area contributed by atoms with Crippen LogP contribution in [0.15, 0.2) is 0 Å². The van der Waals surface area contributed by atoms with Crippen molar-refractivity contribution in [2.75, 3.05) is 19.6 Å². The largest absolute Gasteiger partial charge is 0.481 e. The van der Waals surface area contributed by atoms with Crippen molar-refractivity contribution in [3.05, 3.63) is 0 Å². The van der Waals surface area contributed by atoms with E-state index in [1.165, 1.54) is 38.5 Å². The number of carboxylic acids is 1. The topological polar surface area (TPSA) is 52.6 Å². The molecule has 4 nitrogen and oxygen atoms in total. The van der Waals surface area contributed by atoms with E-state index in [9.17, 15) is 9.90 Å². The van der Waals surface area contributed by atoms with Crippen molar-refractivity contribution in [3.63, 3.8) is 0 Å². The fourth-order valence-corrected chi connectivity index (χ4v) is 3.58. The second kappa shape index (κ2) is 6.23. The lowest BCUT2D eigenvalue weighted by molar-refractivity contribution is -0.142. The van der Waals surface area contributed by atoms with Crippen molar-refractivity contribution < 1.29 is 9.90 Å². The summed E-state index contributed by atoms with van der Waals surface area (Å²) < 4.78 is 0. The highest BCUT2D eigenvalue weighted by Crippen LogP contribution is 2.29. The van der Waals surface area contributed by atoms with Gasteiger partial charge in [0.05, 0.1) is 5.92 Å². The molecule has 1 saturated heterocycles. The molecule has 1 atom stereocenters. The Kier molecular flexibility index (Phi) is 4.85. The molecule has 0 spiro atoms. The third kappa shape index (κ3) is 3.69. The van der Waals surface area contributed by atoms with Crippen molar-refractivity contribution >= 4 is 5.97 Å². The average Bonchev–Trinajstić information content (AvgIpc) is 2.67. The highest BCUT2D eigenvalue weighted by Gasteiger charge is 2.38. The summed E-state index contributed by atoms with van der Waals surface area (Å²) in [6.45, 7) is 6.67. The normalized spacial score (nSPS) is 30.5. The molecule has 0 radical (unpaired) electrons. The maximum absolute atomic E-state index is 11.3. The van der Waals surface area contributed by atoms with Gasteiger partial charge in [-0.05, 0) is 26.7 Å². The van der Waals surface area contributed by atoms with E-state index < -0.39 is 5.97 Å². The Morgan fingerprint density at radius 1 is 1.21 bits per heavy atom. The molecule has 2 fully saturated rings. The number of hydrogen-bond donors (Lipinski definition) is 2. The minimum Gasteiger partial charge on any atom is -0.481 e. The minimum atomic E-state index is -0.663. The van der Waals surface area contributed by atoms with Gasteiger partial charge in [-0.25, -0.2) is 0 Å². The Morgan fingerprint density at radius 2 is 1.84 bits per heavy atom. The predicted molar refractivity (Wildman–Crippen MR) is 76.3 cm³/mol. The second-order valence-electron chi connectivity index (χ2n) is 6.78. The fraction of sp³-hybridized carbons (Fsp3) is 0.933. The molecule has 2 rings (SSSR count). The second-order valence-corrected chi connectivity index (χ2v) is 6.78. The van der Waals surface area contributed by atoms with Crippen LogP contribution in [0.1, 0.15) is 52.4 Å². The van der Waals surface area contributed by atoms with Crippen LogP contribution in [0.2, 0.25) is 0 Å². The van der Waals surface area contributed by atoms with Gasteiger partial charge in [-0.3, -0.25) is 9.69 Å². The molecule has 19 heavy (non-hydrogen) atoms. The van der Waals surface area contributed by atoms with Gasteiger partial charge < -0.3 is 10.4 Å². The number of rotatable bonds is 2. The van der Waals surface area contributed by atoms with Gasteiger partial charge in [0.15, 0.2) is 0 Å². The predicted octanol–water partition coefficient (Wildman–Crippen LogP) is 2.09. The monoisotopic (exact) mass is 268 g/mol. The van der Waals surface area contributed by atoms with E-state index in [2.05, 4.69) is 24.1 Å². The zero-order valence-corrected chi connectivity index (χ0v) is 12.3. The first-order valence-electron chi connectivity index (χ1n) is 7.71.